The van der Waals surface area contributed by atoms with E-state index in [1.165, 1.54) is 0 Å². The molecule has 1 aromatic rings. The van der Waals surface area contributed by atoms with Gasteiger partial charge in [-0.3, -0.25) is 0 Å². The Morgan fingerprint density at radius 2 is 1.55 bits per heavy atom. The molecule has 0 aliphatic heterocycles. The summed E-state index contributed by atoms with van der Waals surface area (Å²) in [4.78, 5) is 0. The fourth-order valence-corrected chi connectivity index (χ4v) is 0.986. The second kappa shape index (κ2) is 5.16. The summed E-state index contributed by atoms with van der Waals surface area (Å²) in [5.74, 6) is 0. The first-order chi connectivity index (χ1) is 5.02. The Hall–Kier alpha value is -0.530. The predicted molar refractivity (Wildman–Crippen MR) is 43.9 cm³/mol. The summed E-state index contributed by atoms with van der Waals surface area (Å²) >= 11 is 1.62. The molecule has 0 saturated carbocycles. The quantitative estimate of drug-likeness (QED) is 0.553. The van der Waals surface area contributed by atoms with Crippen molar-refractivity contribution in [3.05, 3.63) is 10.0 Å². The SMILES string of the molecule is Cc1nnc(C)s1.N[SH](=O)=O. The van der Waals surface area contributed by atoms with Crippen molar-refractivity contribution in [3.8, 4) is 0 Å². The van der Waals surface area contributed by atoms with Crippen LogP contribution in [0.1, 0.15) is 10.0 Å². The van der Waals surface area contributed by atoms with Gasteiger partial charge in [0, 0.05) is 0 Å². The van der Waals surface area contributed by atoms with Crippen LogP contribution >= 0.6 is 11.3 Å². The second-order valence-corrected chi connectivity index (χ2v) is 3.58. The Bertz CT molecular complexity index is 256. The molecule has 64 valence electrons. The van der Waals surface area contributed by atoms with Gasteiger partial charge in [-0.2, -0.15) is 0 Å². The monoisotopic (exact) mass is 195 g/mol. The van der Waals surface area contributed by atoms with Crippen molar-refractivity contribution in [3.63, 3.8) is 0 Å². The number of aryl methyl sites for hydroxylation is 2. The molecule has 2 N–H and O–H groups in total. The first-order valence-corrected chi connectivity index (χ1v) is 4.74. The average Bonchev–Trinajstić information content (AvgIpc) is 2.13. The van der Waals surface area contributed by atoms with Crippen LogP contribution in [0.25, 0.3) is 0 Å². The third-order valence-electron chi connectivity index (χ3n) is 0.627. The Morgan fingerprint density at radius 1 is 1.27 bits per heavy atom. The van der Waals surface area contributed by atoms with Gasteiger partial charge in [0.1, 0.15) is 10.0 Å². The normalized spacial score (nSPS) is 9.09. The molecular weight excluding hydrogens is 186 g/mol. The van der Waals surface area contributed by atoms with Crippen molar-refractivity contribution >= 4 is 22.2 Å². The van der Waals surface area contributed by atoms with E-state index in [4.69, 9.17) is 8.42 Å². The zero-order chi connectivity index (χ0) is 8.85. The number of hydrogen-bond donors (Lipinski definition) is 2. The van der Waals surface area contributed by atoms with Crippen LogP contribution in [0.5, 0.6) is 0 Å². The number of nitrogens with two attached hydrogens (primary N) is 1. The van der Waals surface area contributed by atoms with E-state index in [-0.39, 0.29) is 0 Å². The third kappa shape index (κ3) is 7.37. The summed E-state index contributed by atoms with van der Waals surface area (Å²) in [7, 11) is -2.62. The number of aromatic nitrogens is 2. The maximum atomic E-state index is 8.81. The molecule has 0 amide bonds. The summed E-state index contributed by atoms with van der Waals surface area (Å²) in [5, 5.41) is 13.7. The number of hydrogen-bond acceptors (Lipinski definition) is 5. The van der Waals surface area contributed by atoms with Crippen molar-refractivity contribution in [2.45, 2.75) is 13.8 Å². The molecule has 0 aliphatic carbocycles. The zero-order valence-corrected chi connectivity index (χ0v) is 7.85. The minimum absolute atomic E-state index is 1.04. The number of nitrogens with zero attached hydrogens (tertiary/aromatic N) is 2. The molecular formula is C4H9N3O2S2. The highest BCUT2D eigenvalue weighted by molar-refractivity contribution is 7.69. The lowest BCUT2D eigenvalue weighted by Gasteiger charge is -1.65. The van der Waals surface area contributed by atoms with Crippen LogP contribution in [-0.4, -0.2) is 18.6 Å². The van der Waals surface area contributed by atoms with Gasteiger partial charge in [-0.1, -0.05) is 0 Å². The summed E-state index contributed by atoms with van der Waals surface area (Å²) in [6.45, 7) is 3.90. The number of rotatable bonds is 0. The van der Waals surface area contributed by atoms with Crippen LogP contribution in [0.3, 0.4) is 0 Å². The topological polar surface area (TPSA) is 85.9 Å². The van der Waals surface area contributed by atoms with Crippen molar-refractivity contribution in [1.82, 2.24) is 10.2 Å². The van der Waals surface area contributed by atoms with Gasteiger partial charge in [0.2, 0.25) is 0 Å². The predicted octanol–water partition coefficient (Wildman–Crippen LogP) is -0.374. The van der Waals surface area contributed by atoms with Crippen molar-refractivity contribution in [1.29, 1.82) is 0 Å². The van der Waals surface area contributed by atoms with Gasteiger partial charge in [0.05, 0.1) is 0 Å². The second-order valence-electron chi connectivity index (χ2n) is 1.63. The minimum Gasteiger partial charge on any atom is -0.231 e. The van der Waals surface area contributed by atoms with Crippen molar-refractivity contribution < 1.29 is 8.42 Å². The van der Waals surface area contributed by atoms with E-state index in [0.29, 0.717) is 0 Å². The largest absolute Gasteiger partial charge is 0.231 e. The molecule has 5 nitrogen and oxygen atoms in total. The first-order valence-electron chi connectivity index (χ1n) is 2.68. The van der Waals surface area contributed by atoms with Gasteiger partial charge in [0.25, 0.3) is 0 Å². The molecule has 0 atom stereocenters. The molecule has 0 unspecified atom stereocenters. The molecule has 1 rings (SSSR count). The summed E-state index contributed by atoms with van der Waals surface area (Å²) in [5.41, 5.74) is 0. The Balaban J connectivity index is 0.000000218. The smallest absolute Gasteiger partial charge is 0.198 e. The summed E-state index contributed by atoms with van der Waals surface area (Å²) in [6, 6.07) is 0. The molecule has 11 heavy (non-hydrogen) atoms. The number of thiol groups is 1. The van der Waals surface area contributed by atoms with Crippen molar-refractivity contribution in [2.75, 3.05) is 0 Å². The molecule has 7 heteroatoms. The van der Waals surface area contributed by atoms with Crippen LogP contribution in [-0.2, 0) is 10.9 Å². The molecule has 0 fully saturated rings. The van der Waals surface area contributed by atoms with Crippen LogP contribution in [0, 0.1) is 13.8 Å². The van der Waals surface area contributed by atoms with Crippen LogP contribution < -0.4 is 5.14 Å². The Kier molecular flexibility index (Phi) is 4.92. The van der Waals surface area contributed by atoms with Gasteiger partial charge in [-0.25, -0.2) is 13.6 Å². The van der Waals surface area contributed by atoms with Gasteiger partial charge >= 0.3 is 0 Å². The van der Waals surface area contributed by atoms with E-state index in [1.807, 2.05) is 13.8 Å². The minimum atomic E-state index is -2.62. The molecule has 0 spiro atoms. The molecule has 0 aliphatic rings. The highest BCUT2D eigenvalue weighted by Crippen LogP contribution is 2.03. The van der Waals surface area contributed by atoms with Crippen LogP contribution in [0.4, 0.5) is 0 Å². The van der Waals surface area contributed by atoms with Gasteiger partial charge in [-0.05, 0) is 13.8 Å². The average molecular weight is 195 g/mol. The third-order valence-corrected chi connectivity index (χ3v) is 1.38. The van der Waals surface area contributed by atoms with E-state index >= 15 is 0 Å². The standard InChI is InChI=1S/C4H6N2S.H3NO2S/c1-3-5-6-4(2)7-3;1-4(2)3/h1-2H3;4H,(H2,1,2,3). The fourth-order valence-electron chi connectivity index (χ4n) is 0.395. The zero-order valence-electron chi connectivity index (χ0n) is 6.14. The van der Waals surface area contributed by atoms with E-state index in [1.54, 1.807) is 11.3 Å². The molecule has 0 bridgehead atoms. The fraction of sp³-hybridized carbons (Fsp3) is 0.500. The van der Waals surface area contributed by atoms with Crippen molar-refractivity contribution in [2.24, 2.45) is 5.14 Å². The first kappa shape index (κ1) is 10.5. The molecule has 0 saturated heterocycles. The lowest BCUT2D eigenvalue weighted by Crippen LogP contribution is -1.85. The van der Waals surface area contributed by atoms with E-state index < -0.39 is 10.9 Å². The van der Waals surface area contributed by atoms with Gasteiger partial charge in [0.15, 0.2) is 10.9 Å². The molecule has 1 heterocycles. The maximum Gasteiger partial charge on any atom is 0.198 e. The summed E-state index contributed by atoms with van der Waals surface area (Å²) in [6.07, 6.45) is 0. The van der Waals surface area contributed by atoms with Crippen LogP contribution in [0.2, 0.25) is 0 Å². The highest BCUT2D eigenvalue weighted by Gasteiger charge is 1.88. The van der Waals surface area contributed by atoms with Gasteiger partial charge in [-0.15, -0.1) is 21.5 Å². The van der Waals surface area contributed by atoms with E-state index in [0.717, 1.165) is 10.0 Å². The van der Waals surface area contributed by atoms with Gasteiger partial charge < -0.3 is 0 Å². The lowest BCUT2D eigenvalue weighted by molar-refractivity contribution is 0.616. The summed E-state index contributed by atoms with van der Waals surface area (Å²) < 4.78 is 17.6. The molecule has 0 radical (unpaired) electrons. The maximum absolute atomic E-state index is 8.81. The van der Waals surface area contributed by atoms with E-state index in [2.05, 4.69) is 15.3 Å². The Labute approximate surface area is 70.3 Å². The highest BCUT2D eigenvalue weighted by atomic mass is 32.2. The van der Waals surface area contributed by atoms with E-state index in [9.17, 15) is 0 Å². The lowest BCUT2D eigenvalue weighted by atomic mass is 10.9. The van der Waals surface area contributed by atoms with Crippen LogP contribution in [0.15, 0.2) is 0 Å². The Morgan fingerprint density at radius 3 is 1.64 bits per heavy atom. The molecule has 1 aromatic heterocycles. The molecule has 0 aromatic carbocycles.